The lowest BCUT2D eigenvalue weighted by molar-refractivity contribution is 0.964. The Morgan fingerprint density at radius 2 is 1.93 bits per heavy atom. The van der Waals surface area contributed by atoms with E-state index in [1.165, 1.54) is 15.3 Å². The molecule has 4 aromatic rings. The Labute approximate surface area is 181 Å². The summed E-state index contributed by atoms with van der Waals surface area (Å²) >= 11 is 3.66. The van der Waals surface area contributed by atoms with Crippen molar-refractivity contribution in [2.45, 2.75) is 19.0 Å². The standard InChI is InChI=1S/C22H17IN4S/c1-14-11-16(15(2)27(14)18-9-7-17(23)8-10-18)12-19(13-24)28-22-25-20-5-3-4-6-21(20)26-22/h3-12H,1-2H3,(H,25,26)/b19-12+. The number of nitrogens with one attached hydrogen (secondary N) is 1. The van der Waals surface area contributed by atoms with Crippen molar-refractivity contribution in [3.8, 4) is 11.8 Å². The van der Waals surface area contributed by atoms with E-state index in [1.54, 1.807) is 0 Å². The van der Waals surface area contributed by atoms with Crippen molar-refractivity contribution < 1.29 is 0 Å². The number of allylic oxidation sites excluding steroid dienone is 1. The van der Waals surface area contributed by atoms with E-state index in [9.17, 15) is 5.26 Å². The molecule has 2 aromatic heterocycles. The molecular formula is C22H17IN4S. The van der Waals surface area contributed by atoms with Crippen molar-refractivity contribution >= 4 is 51.5 Å². The Bertz CT molecular complexity index is 1190. The van der Waals surface area contributed by atoms with E-state index in [0.29, 0.717) is 4.91 Å². The summed E-state index contributed by atoms with van der Waals surface area (Å²) in [6, 6.07) is 20.7. The fourth-order valence-electron chi connectivity index (χ4n) is 3.23. The van der Waals surface area contributed by atoms with Crippen LogP contribution in [-0.2, 0) is 0 Å². The van der Waals surface area contributed by atoms with Crippen LogP contribution in [0.25, 0.3) is 22.8 Å². The molecule has 0 bridgehead atoms. The number of hydrogen-bond donors (Lipinski definition) is 1. The highest BCUT2D eigenvalue weighted by atomic mass is 127. The van der Waals surface area contributed by atoms with Crippen molar-refractivity contribution in [3.05, 3.63) is 80.0 Å². The summed E-state index contributed by atoms with van der Waals surface area (Å²) in [6.45, 7) is 4.17. The summed E-state index contributed by atoms with van der Waals surface area (Å²) in [4.78, 5) is 8.41. The molecule has 0 saturated heterocycles. The largest absolute Gasteiger partial charge is 0.333 e. The van der Waals surface area contributed by atoms with E-state index in [-0.39, 0.29) is 0 Å². The molecular weight excluding hydrogens is 479 g/mol. The van der Waals surface area contributed by atoms with Crippen LogP contribution in [0.15, 0.2) is 64.7 Å². The number of imidazole rings is 1. The van der Waals surface area contributed by atoms with E-state index in [0.717, 1.165) is 38.8 Å². The number of thioether (sulfide) groups is 1. The number of aromatic nitrogens is 3. The number of aryl methyl sites for hydroxylation is 1. The molecule has 0 aliphatic rings. The first-order valence-corrected chi connectivity index (χ1v) is 10.6. The summed E-state index contributed by atoms with van der Waals surface area (Å²) in [6.07, 6.45) is 1.93. The average molecular weight is 496 g/mol. The molecule has 0 saturated carbocycles. The molecule has 1 N–H and O–H groups in total. The van der Waals surface area contributed by atoms with Crippen molar-refractivity contribution in [1.29, 1.82) is 5.26 Å². The molecule has 4 rings (SSSR count). The molecule has 138 valence electrons. The van der Waals surface area contributed by atoms with Gasteiger partial charge in [-0.2, -0.15) is 5.26 Å². The van der Waals surface area contributed by atoms with Crippen LogP contribution >= 0.6 is 34.4 Å². The lowest BCUT2D eigenvalue weighted by Crippen LogP contribution is -1.98. The van der Waals surface area contributed by atoms with Crippen LogP contribution in [0.1, 0.15) is 17.0 Å². The summed E-state index contributed by atoms with van der Waals surface area (Å²) in [5.41, 5.74) is 6.28. The Balaban J connectivity index is 1.67. The van der Waals surface area contributed by atoms with E-state index < -0.39 is 0 Å². The Hall–Kier alpha value is -2.50. The number of benzene rings is 2. The van der Waals surface area contributed by atoms with Crippen molar-refractivity contribution in [2.75, 3.05) is 0 Å². The zero-order chi connectivity index (χ0) is 19.7. The molecule has 4 nitrogen and oxygen atoms in total. The molecule has 0 amide bonds. The van der Waals surface area contributed by atoms with E-state index in [2.05, 4.69) is 87.4 Å². The van der Waals surface area contributed by atoms with Gasteiger partial charge in [-0.05, 0) is 102 Å². The third-order valence-corrected chi connectivity index (χ3v) is 6.06. The molecule has 0 radical (unpaired) electrons. The first-order chi connectivity index (χ1) is 13.5. The van der Waals surface area contributed by atoms with Gasteiger partial charge in [0.15, 0.2) is 5.16 Å². The van der Waals surface area contributed by atoms with Gasteiger partial charge in [0.25, 0.3) is 0 Å². The first kappa shape index (κ1) is 18.8. The quantitative estimate of drug-likeness (QED) is 0.207. The number of rotatable bonds is 4. The van der Waals surface area contributed by atoms with Gasteiger partial charge in [-0.15, -0.1) is 0 Å². The fourth-order valence-corrected chi connectivity index (χ4v) is 4.33. The number of H-pyrrole nitrogens is 1. The van der Waals surface area contributed by atoms with E-state index in [4.69, 9.17) is 0 Å². The van der Waals surface area contributed by atoms with Crippen LogP contribution in [0.3, 0.4) is 0 Å². The van der Waals surface area contributed by atoms with Gasteiger partial charge in [0, 0.05) is 20.6 Å². The summed E-state index contributed by atoms with van der Waals surface area (Å²) < 4.78 is 3.42. The SMILES string of the molecule is Cc1cc(/C=C(\C#N)Sc2nc3ccccc3[nH]2)c(C)n1-c1ccc(I)cc1. The van der Waals surface area contributed by atoms with Gasteiger partial charge in [0.05, 0.1) is 15.9 Å². The molecule has 28 heavy (non-hydrogen) atoms. The Kier molecular flexibility index (Phi) is 5.29. The number of aromatic amines is 1. The van der Waals surface area contributed by atoms with Crippen molar-refractivity contribution in [1.82, 2.24) is 14.5 Å². The number of fused-ring (bicyclic) bond motifs is 1. The average Bonchev–Trinajstić information content (AvgIpc) is 3.22. The topological polar surface area (TPSA) is 57.4 Å². The number of nitrogens with zero attached hydrogens (tertiary/aromatic N) is 3. The normalized spacial score (nSPS) is 11.7. The highest BCUT2D eigenvalue weighted by molar-refractivity contribution is 14.1. The predicted octanol–water partition coefficient (Wildman–Crippen LogP) is 6.23. The number of halogens is 1. The minimum Gasteiger partial charge on any atom is -0.333 e. The lowest BCUT2D eigenvalue weighted by Gasteiger charge is -2.09. The maximum absolute atomic E-state index is 9.65. The number of nitriles is 1. The Morgan fingerprint density at radius 1 is 1.18 bits per heavy atom. The third kappa shape index (κ3) is 3.73. The minimum absolute atomic E-state index is 0.599. The van der Waals surface area contributed by atoms with Gasteiger partial charge in [-0.3, -0.25) is 0 Å². The second-order valence-electron chi connectivity index (χ2n) is 6.42. The van der Waals surface area contributed by atoms with Gasteiger partial charge >= 0.3 is 0 Å². The van der Waals surface area contributed by atoms with Gasteiger partial charge in [0.2, 0.25) is 0 Å². The molecule has 0 atom stereocenters. The van der Waals surface area contributed by atoms with Crippen LogP contribution < -0.4 is 0 Å². The predicted molar refractivity (Wildman–Crippen MR) is 124 cm³/mol. The second-order valence-corrected chi connectivity index (χ2v) is 8.70. The number of para-hydroxylation sites is 2. The zero-order valence-electron chi connectivity index (χ0n) is 15.4. The van der Waals surface area contributed by atoms with Crippen LogP contribution in [0.2, 0.25) is 0 Å². The highest BCUT2D eigenvalue weighted by Gasteiger charge is 2.12. The molecule has 0 fully saturated rings. The highest BCUT2D eigenvalue weighted by Crippen LogP contribution is 2.30. The molecule has 6 heteroatoms. The lowest BCUT2D eigenvalue weighted by atomic mass is 10.2. The summed E-state index contributed by atoms with van der Waals surface area (Å²) in [7, 11) is 0. The summed E-state index contributed by atoms with van der Waals surface area (Å²) in [5.74, 6) is 0. The van der Waals surface area contributed by atoms with Crippen LogP contribution in [-0.4, -0.2) is 14.5 Å². The number of hydrogen-bond acceptors (Lipinski definition) is 3. The summed E-state index contributed by atoms with van der Waals surface area (Å²) in [5, 5.41) is 10.4. The van der Waals surface area contributed by atoms with Crippen LogP contribution in [0.4, 0.5) is 0 Å². The van der Waals surface area contributed by atoms with E-state index >= 15 is 0 Å². The van der Waals surface area contributed by atoms with Gasteiger partial charge in [0.1, 0.15) is 6.07 Å². The maximum Gasteiger partial charge on any atom is 0.171 e. The third-order valence-electron chi connectivity index (χ3n) is 4.53. The van der Waals surface area contributed by atoms with Crippen molar-refractivity contribution in [3.63, 3.8) is 0 Å². The molecule has 2 heterocycles. The first-order valence-electron chi connectivity index (χ1n) is 8.74. The minimum atomic E-state index is 0.599. The van der Waals surface area contributed by atoms with Crippen LogP contribution in [0, 0.1) is 28.7 Å². The maximum atomic E-state index is 9.65. The monoisotopic (exact) mass is 496 g/mol. The smallest absolute Gasteiger partial charge is 0.171 e. The van der Waals surface area contributed by atoms with Crippen LogP contribution in [0.5, 0.6) is 0 Å². The molecule has 0 unspecified atom stereocenters. The second kappa shape index (κ2) is 7.86. The van der Waals surface area contributed by atoms with E-state index in [1.807, 2.05) is 30.3 Å². The van der Waals surface area contributed by atoms with Crippen molar-refractivity contribution in [2.24, 2.45) is 0 Å². The fraction of sp³-hybridized carbons (Fsp3) is 0.0909. The molecule has 0 spiro atoms. The molecule has 0 aliphatic heterocycles. The Morgan fingerprint density at radius 3 is 2.64 bits per heavy atom. The molecule has 0 aliphatic carbocycles. The van der Waals surface area contributed by atoms with Gasteiger partial charge in [-0.25, -0.2) is 4.98 Å². The van der Waals surface area contributed by atoms with Gasteiger partial charge in [-0.1, -0.05) is 12.1 Å². The molecule has 2 aromatic carbocycles. The zero-order valence-corrected chi connectivity index (χ0v) is 18.4. The van der Waals surface area contributed by atoms with Gasteiger partial charge < -0.3 is 9.55 Å².